The third-order valence-corrected chi connectivity index (χ3v) is 8.42. The van der Waals surface area contributed by atoms with Gasteiger partial charge in [-0.3, -0.25) is 0 Å². The average Bonchev–Trinajstić information content (AvgIpc) is 3.84. The van der Waals surface area contributed by atoms with Crippen molar-refractivity contribution in [2.75, 3.05) is 6.61 Å². The zero-order chi connectivity index (χ0) is 31.6. The minimum absolute atomic E-state index is 0.0678. The molecule has 0 N–H and O–H groups in total. The Labute approximate surface area is 262 Å². The highest BCUT2D eigenvalue weighted by molar-refractivity contribution is 5.90. The molecule has 0 radical (unpaired) electrons. The summed E-state index contributed by atoms with van der Waals surface area (Å²) in [6.07, 6.45) is 5.88. The van der Waals surface area contributed by atoms with Crippen LogP contribution in [0.2, 0.25) is 0 Å². The molecular weight excluding hydrogens is 564 g/mol. The molecule has 0 amide bonds. The topological polar surface area (TPSA) is 104 Å². The molecule has 1 fully saturated rings. The van der Waals surface area contributed by atoms with E-state index in [2.05, 4.69) is 66.5 Å². The fourth-order valence-corrected chi connectivity index (χ4v) is 5.70. The Morgan fingerprint density at radius 1 is 0.778 bits per heavy atom. The van der Waals surface area contributed by atoms with Crippen LogP contribution in [-0.2, 0) is 10.2 Å². The molecule has 3 aromatic carbocycles. The lowest BCUT2D eigenvalue weighted by molar-refractivity contribution is 0.0423. The SMILES string of the molecule is C=CC1CC(C=C)C(COC(=O)c2cccc(-c3nnc(-c4ccc(-c5nnc(-c6ccc(C(C)(C)C)cc6)o5)cc4)o3)c2)C1. The summed E-state index contributed by atoms with van der Waals surface area (Å²) in [6.45, 7) is 14.7. The van der Waals surface area contributed by atoms with Crippen LogP contribution in [0.25, 0.3) is 45.8 Å². The van der Waals surface area contributed by atoms with Crippen LogP contribution in [0.3, 0.4) is 0 Å². The van der Waals surface area contributed by atoms with Gasteiger partial charge in [-0.2, -0.15) is 0 Å². The van der Waals surface area contributed by atoms with Gasteiger partial charge in [0.2, 0.25) is 23.6 Å². The van der Waals surface area contributed by atoms with E-state index in [-0.39, 0.29) is 17.3 Å². The molecule has 228 valence electrons. The summed E-state index contributed by atoms with van der Waals surface area (Å²) in [4.78, 5) is 12.9. The molecule has 6 rings (SSSR count). The fraction of sp³-hybridized carbons (Fsp3) is 0.270. The second-order valence-electron chi connectivity index (χ2n) is 12.5. The summed E-state index contributed by atoms with van der Waals surface area (Å²) in [6, 6.07) is 22.7. The fourth-order valence-electron chi connectivity index (χ4n) is 5.70. The lowest BCUT2D eigenvalue weighted by Gasteiger charge is -2.18. The second-order valence-corrected chi connectivity index (χ2v) is 12.5. The van der Waals surface area contributed by atoms with Crippen LogP contribution >= 0.6 is 0 Å². The number of ether oxygens (including phenoxy) is 1. The van der Waals surface area contributed by atoms with E-state index < -0.39 is 0 Å². The van der Waals surface area contributed by atoms with Gasteiger partial charge in [-0.25, -0.2) is 4.79 Å². The standard InChI is InChI=1S/C37H36N4O4/c1-6-23-19-24(7-2)30(20-23)22-43-36(42)29-10-8-9-28(21-29)35-41-40-33(45-35)26-13-11-25(12-14-26)32-38-39-34(44-32)27-15-17-31(18-16-27)37(3,4)5/h6-18,21,23-24,30H,1-2,19-20,22H2,3-5H3. The molecule has 0 spiro atoms. The van der Waals surface area contributed by atoms with Crippen molar-refractivity contribution < 1.29 is 18.4 Å². The smallest absolute Gasteiger partial charge is 0.338 e. The van der Waals surface area contributed by atoms with E-state index >= 15 is 0 Å². The largest absolute Gasteiger partial charge is 0.462 e. The van der Waals surface area contributed by atoms with Gasteiger partial charge >= 0.3 is 5.97 Å². The van der Waals surface area contributed by atoms with E-state index in [1.807, 2.05) is 54.6 Å². The molecule has 1 saturated carbocycles. The van der Waals surface area contributed by atoms with Crippen LogP contribution in [0.15, 0.2) is 107 Å². The number of esters is 1. The lowest BCUT2D eigenvalue weighted by atomic mass is 9.87. The van der Waals surface area contributed by atoms with Crippen LogP contribution < -0.4 is 0 Å². The number of benzene rings is 3. The molecule has 3 unspecified atom stereocenters. The van der Waals surface area contributed by atoms with E-state index in [4.69, 9.17) is 13.6 Å². The van der Waals surface area contributed by atoms with Crippen molar-refractivity contribution in [3.8, 4) is 45.8 Å². The highest BCUT2D eigenvalue weighted by Gasteiger charge is 2.32. The molecule has 0 saturated heterocycles. The van der Waals surface area contributed by atoms with Crippen molar-refractivity contribution >= 4 is 5.97 Å². The Bertz CT molecular complexity index is 1810. The lowest BCUT2D eigenvalue weighted by Crippen LogP contribution is -2.16. The molecule has 0 aliphatic heterocycles. The summed E-state index contributed by atoms with van der Waals surface area (Å²) < 4.78 is 17.6. The number of hydrogen-bond acceptors (Lipinski definition) is 8. The van der Waals surface area contributed by atoms with Gasteiger partial charge in [-0.05, 0) is 96.2 Å². The third kappa shape index (κ3) is 6.55. The Balaban J connectivity index is 1.11. The average molecular weight is 601 g/mol. The van der Waals surface area contributed by atoms with Crippen molar-refractivity contribution in [1.82, 2.24) is 20.4 Å². The Kier molecular flexibility index (Phi) is 8.30. The number of aromatic nitrogens is 4. The predicted octanol–water partition coefficient (Wildman–Crippen LogP) is 8.59. The molecule has 1 aliphatic carbocycles. The Morgan fingerprint density at radius 3 is 1.82 bits per heavy atom. The second kappa shape index (κ2) is 12.5. The quantitative estimate of drug-likeness (QED) is 0.122. The normalized spacial score (nSPS) is 18.1. The van der Waals surface area contributed by atoms with Gasteiger partial charge in [-0.1, -0.05) is 51.1 Å². The summed E-state index contributed by atoms with van der Waals surface area (Å²) >= 11 is 0. The maximum Gasteiger partial charge on any atom is 0.338 e. The Hall–Kier alpha value is -5.11. The van der Waals surface area contributed by atoms with E-state index in [1.165, 1.54) is 5.56 Å². The predicted molar refractivity (Wildman–Crippen MR) is 173 cm³/mol. The van der Waals surface area contributed by atoms with Crippen molar-refractivity contribution in [3.63, 3.8) is 0 Å². The van der Waals surface area contributed by atoms with Gasteiger partial charge in [-0.15, -0.1) is 33.6 Å². The number of carbonyl (C=O) groups is 1. The Morgan fingerprint density at radius 2 is 1.31 bits per heavy atom. The van der Waals surface area contributed by atoms with Gasteiger partial charge < -0.3 is 13.6 Å². The molecule has 0 bridgehead atoms. The van der Waals surface area contributed by atoms with E-state index in [1.54, 1.807) is 18.2 Å². The molecule has 8 nitrogen and oxygen atoms in total. The first-order valence-corrected chi connectivity index (χ1v) is 15.1. The van der Waals surface area contributed by atoms with Crippen LogP contribution in [-0.4, -0.2) is 33.0 Å². The minimum atomic E-state index is -0.386. The molecule has 2 heterocycles. The van der Waals surface area contributed by atoms with Gasteiger partial charge in [0.25, 0.3) is 0 Å². The molecule has 8 heteroatoms. The summed E-state index contributed by atoms with van der Waals surface area (Å²) in [5.41, 5.74) is 4.73. The first-order chi connectivity index (χ1) is 21.7. The van der Waals surface area contributed by atoms with Gasteiger partial charge in [0.15, 0.2) is 0 Å². The summed E-state index contributed by atoms with van der Waals surface area (Å²) in [5, 5.41) is 16.9. The number of nitrogens with zero attached hydrogens (tertiary/aromatic N) is 4. The maximum absolute atomic E-state index is 12.9. The van der Waals surface area contributed by atoms with Crippen LogP contribution in [0.1, 0.15) is 49.5 Å². The molecule has 1 aliphatic rings. The van der Waals surface area contributed by atoms with Crippen LogP contribution in [0.5, 0.6) is 0 Å². The first-order valence-electron chi connectivity index (χ1n) is 15.1. The highest BCUT2D eigenvalue weighted by Crippen LogP contribution is 2.38. The van der Waals surface area contributed by atoms with Crippen LogP contribution in [0, 0.1) is 17.8 Å². The van der Waals surface area contributed by atoms with Crippen LogP contribution in [0.4, 0.5) is 0 Å². The first kappa shape index (κ1) is 29.9. The van der Waals surface area contributed by atoms with E-state index in [9.17, 15) is 4.79 Å². The molecular formula is C37H36N4O4. The van der Waals surface area contributed by atoms with Crippen molar-refractivity contribution in [1.29, 1.82) is 0 Å². The van der Waals surface area contributed by atoms with Gasteiger partial charge in [0.05, 0.1) is 12.2 Å². The maximum atomic E-state index is 12.9. The number of hydrogen-bond donors (Lipinski definition) is 0. The zero-order valence-corrected chi connectivity index (χ0v) is 25.8. The monoisotopic (exact) mass is 600 g/mol. The summed E-state index contributed by atoms with van der Waals surface area (Å²) in [7, 11) is 0. The third-order valence-electron chi connectivity index (χ3n) is 8.42. The molecule has 45 heavy (non-hydrogen) atoms. The zero-order valence-electron chi connectivity index (χ0n) is 25.8. The molecule has 2 aromatic heterocycles. The highest BCUT2D eigenvalue weighted by atomic mass is 16.5. The van der Waals surface area contributed by atoms with E-state index in [0.717, 1.165) is 29.5 Å². The van der Waals surface area contributed by atoms with Gasteiger partial charge in [0.1, 0.15) is 0 Å². The van der Waals surface area contributed by atoms with Crippen molar-refractivity contribution in [2.24, 2.45) is 17.8 Å². The van der Waals surface area contributed by atoms with E-state index in [0.29, 0.717) is 53.1 Å². The number of carbonyl (C=O) groups excluding carboxylic acids is 1. The van der Waals surface area contributed by atoms with Crippen molar-refractivity contribution in [3.05, 3.63) is 109 Å². The molecule has 5 aromatic rings. The van der Waals surface area contributed by atoms with Crippen molar-refractivity contribution in [2.45, 2.75) is 39.0 Å². The number of allylic oxidation sites excluding steroid dienone is 2. The molecule has 3 atom stereocenters. The minimum Gasteiger partial charge on any atom is -0.462 e. The van der Waals surface area contributed by atoms with Gasteiger partial charge in [0, 0.05) is 22.3 Å². The number of rotatable bonds is 9. The summed E-state index contributed by atoms with van der Waals surface area (Å²) in [5.74, 6) is 2.14.